The van der Waals surface area contributed by atoms with Crippen LogP contribution in [0.4, 0.5) is 0 Å². The zero-order valence-electron chi connectivity index (χ0n) is 13.7. The van der Waals surface area contributed by atoms with Crippen LogP contribution in [0.1, 0.15) is 65.2 Å². The molecule has 0 N–H and O–H groups in total. The Balaban J connectivity index is 2.45. The molecule has 112 valence electrons. The maximum Gasteiger partial charge on any atom is 0.200 e. The summed E-state index contributed by atoms with van der Waals surface area (Å²) in [5.74, 6) is 1.27. The van der Waals surface area contributed by atoms with Gasteiger partial charge in [0.1, 0.15) is 11.5 Å². The molecule has 0 aliphatic rings. The lowest BCUT2D eigenvalue weighted by molar-refractivity contribution is 0.111. The Morgan fingerprint density at radius 2 is 1.71 bits per heavy atom. The van der Waals surface area contributed by atoms with Crippen molar-refractivity contribution in [1.29, 1.82) is 0 Å². The van der Waals surface area contributed by atoms with Crippen LogP contribution in [-0.4, -0.2) is 11.3 Å². The monoisotopic (exact) mass is 285 g/mol. The first-order valence-corrected chi connectivity index (χ1v) is 7.24. The van der Waals surface area contributed by atoms with Gasteiger partial charge in [-0.25, -0.2) is 4.98 Å². The third-order valence-corrected chi connectivity index (χ3v) is 3.66. The Bertz CT molecular complexity index is 652. The van der Waals surface area contributed by atoms with E-state index in [0.717, 1.165) is 6.29 Å². The predicted octanol–water partition coefficient (Wildman–Crippen LogP) is 4.30. The number of aryl methyl sites for hydroxylation is 3. The smallest absolute Gasteiger partial charge is 0.200 e. The number of rotatable bonds is 3. The maximum atomic E-state index is 11.3. The summed E-state index contributed by atoms with van der Waals surface area (Å²) in [6.45, 7) is 12.4. The van der Waals surface area contributed by atoms with Crippen molar-refractivity contribution >= 4 is 6.29 Å². The van der Waals surface area contributed by atoms with Crippen molar-refractivity contribution < 1.29 is 9.21 Å². The van der Waals surface area contributed by atoms with Crippen LogP contribution in [-0.2, 0) is 11.8 Å². The molecular weight excluding hydrogens is 262 g/mol. The summed E-state index contributed by atoms with van der Waals surface area (Å²) < 4.78 is 5.87. The Morgan fingerprint density at radius 3 is 2.19 bits per heavy atom. The molecule has 0 unspecified atom stereocenters. The van der Waals surface area contributed by atoms with Gasteiger partial charge >= 0.3 is 0 Å². The number of aldehydes is 1. The first-order chi connectivity index (χ1) is 9.72. The fourth-order valence-electron chi connectivity index (χ4n) is 2.55. The standard InChI is InChI=1S/C18H23NO2/c1-11-7-12(2)14(13(3)8-11)9-16-15(10-20)19-17(21-16)18(4,5)6/h7-8,10H,9H2,1-6H3. The van der Waals surface area contributed by atoms with Crippen LogP contribution in [0.25, 0.3) is 0 Å². The van der Waals surface area contributed by atoms with E-state index in [2.05, 4.69) is 37.9 Å². The normalized spacial score (nSPS) is 11.7. The molecular formula is C18H23NO2. The maximum absolute atomic E-state index is 11.3. The first kappa shape index (κ1) is 15.5. The van der Waals surface area contributed by atoms with Gasteiger partial charge in [-0.2, -0.15) is 0 Å². The highest BCUT2D eigenvalue weighted by molar-refractivity contribution is 5.73. The van der Waals surface area contributed by atoms with Gasteiger partial charge in [0, 0.05) is 11.8 Å². The molecule has 0 radical (unpaired) electrons. The molecule has 0 saturated heterocycles. The van der Waals surface area contributed by atoms with E-state index in [4.69, 9.17) is 4.42 Å². The van der Waals surface area contributed by atoms with Crippen molar-refractivity contribution in [1.82, 2.24) is 4.98 Å². The van der Waals surface area contributed by atoms with Crippen LogP contribution < -0.4 is 0 Å². The fraction of sp³-hybridized carbons (Fsp3) is 0.444. The fourth-order valence-corrected chi connectivity index (χ4v) is 2.55. The molecule has 0 saturated carbocycles. The van der Waals surface area contributed by atoms with Crippen LogP contribution in [0.2, 0.25) is 0 Å². The minimum absolute atomic E-state index is 0.201. The van der Waals surface area contributed by atoms with Gasteiger partial charge in [0.2, 0.25) is 0 Å². The number of nitrogens with zero attached hydrogens (tertiary/aromatic N) is 1. The van der Waals surface area contributed by atoms with Gasteiger partial charge in [0.25, 0.3) is 0 Å². The minimum Gasteiger partial charge on any atom is -0.444 e. The molecule has 1 aromatic carbocycles. The largest absolute Gasteiger partial charge is 0.444 e. The van der Waals surface area contributed by atoms with Crippen LogP contribution >= 0.6 is 0 Å². The number of hydrogen-bond acceptors (Lipinski definition) is 3. The van der Waals surface area contributed by atoms with Gasteiger partial charge in [-0.1, -0.05) is 38.5 Å². The lowest BCUT2D eigenvalue weighted by Crippen LogP contribution is -2.11. The third-order valence-electron chi connectivity index (χ3n) is 3.66. The van der Waals surface area contributed by atoms with Crippen molar-refractivity contribution in [2.45, 2.75) is 53.4 Å². The molecule has 2 rings (SSSR count). The topological polar surface area (TPSA) is 43.1 Å². The second-order valence-corrected chi connectivity index (χ2v) is 6.75. The first-order valence-electron chi connectivity index (χ1n) is 7.24. The molecule has 0 aliphatic carbocycles. The van der Waals surface area contributed by atoms with E-state index in [0.29, 0.717) is 23.8 Å². The Morgan fingerprint density at radius 1 is 1.14 bits per heavy atom. The molecule has 0 aliphatic heterocycles. The Hall–Kier alpha value is -1.90. The number of aromatic nitrogens is 1. The van der Waals surface area contributed by atoms with E-state index in [9.17, 15) is 4.79 Å². The Labute approximate surface area is 126 Å². The van der Waals surface area contributed by atoms with Gasteiger partial charge in [-0.3, -0.25) is 4.79 Å². The molecule has 21 heavy (non-hydrogen) atoms. The third kappa shape index (κ3) is 3.23. The highest BCUT2D eigenvalue weighted by Crippen LogP contribution is 2.27. The molecule has 3 nitrogen and oxygen atoms in total. The lowest BCUT2D eigenvalue weighted by Gasteiger charge is -2.13. The van der Waals surface area contributed by atoms with E-state index in [1.54, 1.807) is 0 Å². The average Bonchev–Trinajstić information content (AvgIpc) is 2.76. The van der Waals surface area contributed by atoms with E-state index in [1.165, 1.54) is 22.3 Å². The van der Waals surface area contributed by atoms with E-state index < -0.39 is 0 Å². The Kier molecular flexibility index (Phi) is 4.04. The molecule has 2 aromatic rings. The molecule has 1 heterocycles. The zero-order chi connectivity index (χ0) is 15.8. The second-order valence-electron chi connectivity index (χ2n) is 6.75. The minimum atomic E-state index is -0.201. The summed E-state index contributed by atoms with van der Waals surface area (Å²) in [7, 11) is 0. The SMILES string of the molecule is Cc1cc(C)c(Cc2oc(C(C)(C)C)nc2C=O)c(C)c1. The highest BCUT2D eigenvalue weighted by Gasteiger charge is 2.24. The molecule has 3 heteroatoms. The van der Waals surface area contributed by atoms with Gasteiger partial charge in [0.15, 0.2) is 12.2 Å². The van der Waals surface area contributed by atoms with E-state index in [-0.39, 0.29) is 5.41 Å². The predicted molar refractivity (Wildman–Crippen MR) is 84.0 cm³/mol. The highest BCUT2D eigenvalue weighted by atomic mass is 16.4. The molecule has 0 amide bonds. The van der Waals surface area contributed by atoms with Crippen LogP contribution in [0.3, 0.4) is 0 Å². The van der Waals surface area contributed by atoms with Crippen LogP contribution in [0.5, 0.6) is 0 Å². The summed E-state index contributed by atoms with van der Waals surface area (Å²) in [4.78, 5) is 15.6. The molecule has 0 fully saturated rings. The number of carbonyl (C=O) groups is 1. The van der Waals surface area contributed by atoms with Crippen molar-refractivity contribution in [2.75, 3.05) is 0 Å². The molecule has 1 aromatic heterocycles. The number of oxazole rings is 1. The second kappa shape index (κ2) is 5.47. The van der Waals surface area contributed by atoms with Crippen molar-refractivity contribution in [2.24, 2.45) is 0 Å². The number of hydrogen-bond donors (Lipinski definition) is 0. The molecule has 0 bridgehead atoms. The summed E-state index contributed by atoms with van der Waals surface area (Å²) in [6, 6.07) is 4.31. The molecule has 0 spiro atoms. The number of carbonyl (C=O) groups excluding carboxylic acids is 1. The van der Waals surface area contributed by atoms with Gasteiger partial charge in [-0.05, 0) is 37.5 Å². The van der Waals surface area contributed by atoms with Crippen LogP contribution in [0, 0.1) is 20.8 Å². The lowest BCUT2D eigenvalue weighted by atomic mass is 9.96. The van der Waals surface area contributed by atoms with Gasteiger partial charge in [-0.15, -0.1) is 0 Å². The average molecular weight is 285 g/mol. The quantitative estimate of drug-likeness (QED) is 0.790. The van der Waals surface area contributed by atoms with Crippen molar-refractivity contribution in [3.05, 3.63) is 51.7 Å². The number of benzene rings is 1. The van der Waals surface area contributed by atoms with Crippen molar-refractivity contribution in [3.8, 4) is 0 Å². The van der Waals surface area contributed by atoms with Crippen molar-refractivity contribution in [3.63, 3.8) is 0 Å². The van der Waals surface area contributed by atoms with Gasteiger partial charge < -0.3 is 4.42 Å². The molecule has 0 atom stereocenters. The summed E-state index contributed by atoms with van der Waals surface area (Å²) >= 11 is 0. The van der Waals surface area contributed by atoms with E-state index >= 15 is 0 Å². The van der Waals surface area contributed by atoms with Gasteiger partial charge in [0.05, 0.1) is 0 Å². The summed E-state index contributed by atoms with van der Waals surface area (Å²) in [6.07, 6.45) is 1.39. The summed E-state index contributed by atoms with van der Waals surface area (Å²) in [5, 5.41) is 0. The van der Waals surface area contributed by atoms with Crippen LogP contribution in [0.15, 0.2) is 16.5 Å². The van der Waals surface area contributed by atoms with E-state index in [1.807, 2.05) is 20.8 Å². The zero-order valence-corrected chi connectivity index (χ0v) is 13.7. The summed E-state index contributed by atoms with van der Waals surface area (Å²) in [5.41, 5.74) is 5.11.